The molecule has 226 valence electrons. The van der Waals surface area contributed by atoms with Crippen LogP contribution in [0, 0.1) is 0 Å². The van der Waals surface area contributed by atoms with Gasteiger partial charge in [0.2, 0.25) is 13.6 Å². The van der Waals surface area contributed by atoms with Gasteiger partial charge in [-0.15, -0.1) is 0 Å². The van der Waals surface area contributed by atoms with E-state index in [-0.39, 0.29) is 0 Å². The van der Waals surface area contributed by atoms with Crippen LogP contribution in [0.2, 0.25) is 0 Å². The summed E-state index contributed by atoms with van der Waals surface area (Å²) in [4.78, 5) is 48.8. The van der Waals surface area contributed by atoms with Gasteiger partial charge in [-0.3, -0.25) is 18.9 Å². The number of H-pyrrole nitrogens is 1. The van der Waals surface area contributed by atoms with Crippen LogP contribution in [-0.2, 0) is 41.8 Å². The number of rotatable bonds is 12. The standard InChI is InChI=1S/C21H30FN2O15P/c1-11(2)36-17(27)32-9-34-40(31,35-10-33-18(28)37-12(3)4)39-14-20(8-22)21(14,30)19(5,29)15(38-20)24-7-6-13(25)23-16(24)26/h6-7,11-12,14-15,29-30H,8-10H2,1-5H3,(H,23,25,26)/t14?,15?,19-,20+,21-/m0/s1. The van der Waals surface area contributed by atoms with E-state index in [4.69, 9.17) is 27.8 Å². The Morgan fingerprint density at radius 2 is 1.62 bits per heavy atom. The van der Waals surface area contributed by atoms with Crippen molar-refractivity contribution in [1.29, 1.82) is 0 Å². The van der Waals surface area contributed by atoms with Gasteiger partial charge in [-0.25, -0.2) is 32.4 Å². The highest BCUT2D eigenvalue weighted by molar-refractivity contribution is 7.48. The van der Waals surface area contributed by atoms with Crippen LogP contribution in [0.15, 0.2) is 21.9 Å². The number of phosphoric acid groups is 1. The van der Waals surface area contributed by atoms with Crippen LogP contribution in [0.25, 0.3) is 0 Å². The largest absolute Gasteiger partial charge is 0.510 e. The summed E-state index contributed by atoms with van der Waals surface area (Å²) in [5.74, 6) is 0. The van der Waals surface area contributed by atoms with Crippen LogP contribution in [-0.4, -0.2) is 87.5 Å². The molecule has 0 bridgehead atoms. The first-order valence-electron chi connectivity index (χ1n) is 11.8. The minimum absolute atomic E-state index is 0.570. The second kappa shape index (κ2) is 11.6. The third-order valence-electron chi connectivity index (χ3n) is 5.92. The molecule has 0 radical (unpaired) electrons. The molecule has 0 spiro atoms. The minimum Gasteiger partial charge on any atom is -0.432 e. The Morgan fingerprint density at radius 3 is 2.05 bits per heavy atom. The number of carbonyl (C=O) groups is 2. The van der Waals surface area contributed by atoms with E-state index in [2.05, 4.69) is 9.47 Å². The molecule has 19 heteroatoms. The molecule has 40 heavy (non-hydrogen) atoms. The van der Waals surface area contributed by atoms with Crippen molar-refractivity contribution in [3.63, 3.8) is 0 Å². The highest BCUT2D eigenvalue weighted by Gasteiger charge is 2.93. The third-order valence-corrected chi connectivity index (χ3v) is 7.23. The van der Waals surface area contributed by atoms with Crippen molar-refractivity contribution < 1.29 is 66.0 Å². The van der Waals surface area contributed by atoms with Gasteiger partial charge >= 0.3 is 25.8 Å². The fraction of sp³-hybridized carbons (Fsp3) is 0.714. The monoisotopic (exact) mass is 600 g/mol. The van der Waals surface area contributed by atoms with Crippen LogP contribution < -0.4 is 11.2 Å². The molecule has 0 aromatic carbocycles. The highest BCUT2D eigenvalue weighted by Crippen LogP contribution is 2.71. The highest BCUT2D eigenvalue weighted by atomic mass is 31.2. The van der Waals surface area contributed by atoms with Crippen molar-refractivity contribution in [3.8, 4) is 0 Å². The molecule has 2 aliphatic rings. The molecule has 3 rings (SSSR count). The van der Waals surface area contributed by atoms with E-state index in [0.717, 1.165) is 19.2 Å². The molecule has 1 aromatic rings. The minimum atomic E-state index is -5.01. The average Bonchev–Trinajstić information content (AvgIpc) is 3.26. The van der Waals surface area contributed by atoms with Crippen LogP contribution in [0.1, 0.15) is 40.8 Å². The van der Waals surface area contributed by atoms with Gasteiger partial charge in [-0.1, -0.05) is 0 Å². The quantitative estimate of drug-likeness (QED) is 0.172. The predicted octanol–water partition coefficient (Wildman–Crippen LogP) is 0.834. The Hall–Kier alpha value is -2.86. The van der Waals surface area contributed by atoms with Crippen molar-refractivity contribution in [2.24, 2.45) is 0 Å². The number of nitrogens with zero attached hydrogens (tertiary/aromatic N) is 1. The number of halogens is 1. The van der Waals surface area contributed by atoms with E-state index in [1.807, 2.05) is 4.98 Å². The first-order chi connectivity index (χ1) is 18.5. The number of fused-ring (bicyclic) bond motifs is 1. The van der Waals surface area contributed by atoms with Gasteiger partial charge in [-0.2, -0.15) is 0 Å². The molecule has 2 unspecified atom stereocenters. The number of phosphoric ester groups is 1. The van der Waals surface area contributed by atoms with E-state index >= 15 is 0 Å². The lowest BCUT2D eigenvalue weighted by Crippen LogP contribution is -2.51. The number of aromatic nitrogens is 2. The molecule has 5 atom stereocenters. The molecule has 0 amide bonds. The van der Waals surface area contributed by atoms with Crippen molar-refractivity contribution in [2.45, 2.75) is 76.0 Å². The summed E-state index contributed by atoms with van der Waals surface area (Å²) in [6.45, 7) is 3.35. The number of ether oxygens (including phenoxy) is 5. The summed E-state index contributed by atoms with van der Waals surface area (Å²) in [6, 6.07) is 0.926. The normalized spacial score (nSPS) is 29.2. The van der Waals surface area contributed by atoms with Crippen LogP contribution in [0.4, 0.5) is 14.0 Å². The fourth-order valence-corrected chi connectivity index (χ4v) is 5.21. The van der Waals surface area contributed by atoms with Gasteiger partial charge in [0.1, 0.15) is 18.4 Å². The molecule has 3 N–H and O–H groups in total. The SMILES string of the molecule is CC(C)OC(=O)OCOP(=O)(OCOC(=O)OC(C)C)OC1[C@]2(O)[C@@](C)(O)C(n3ccc(=O)[nH]c3=O)O[C@]12CF. The number of aromatic amines is 1. The van der Waals surface area contributed by atoms with Gasteiger partial charge in [-0.05, 0) is 34.6 Å². The summed E-state index contributed by atoms with van der Waals surface area (Å²) in [5.41, 5.74) is -9.37. The Morgan fingerprint density at radius 1 is 1.10 bits per heavy atom. The zero-order valence-electron chi connectivity index (χ0n) is 22.1. The first-order valence-corrected chi connectivity index (χ1v) is 13.2. The number of nitrogens with one attached hydrogen (secondary N) is 1. The van der Waals surface area contributed by atoms with Gasteiger partial charge in [0, 0.05) is 12.3 Å². The maximum absolute atomic E-state index is 14.4. The number of hydrogen-bond acceptors (Lipinski definition) is 15. The molecule has 17 nitrogen and oxygen atoms in total. The van der Waals surface area contributed by atoms with Gasteiger partial charge in [0.05, 0.1) is 12.2 Å². The summed E-state index contributed by atoms with van der Waals surface area (Å²) < 4.78 is 67.7. The molecule has 2 heterocycles. The Kier molecular flexibility index (Phi) is 9.15. The van der Waals surface area contributed by atoms with E-state index in [0.29, 0.717) is 4.57 Å². The van der Waals surface area contributed by atoms with Gasteiger partial charge in [0.15, 0.2) is 17.4 Å². The second-order valence-electron chi connectivity index (χ2n) is 9.47. The van der Waals surface area contributed by atoms with Crippen molar-refractivity contribution in [2.75, 3.05) is 20.3 Å². The van der Waals surface area contributed by atoms with E-state index in [1.54, 1.807) is 0 Å². The summed E-state index contributed by atoms with van der Waals surface area (Å²) in [7, 11) is -5.01. The van der Waals surface area contributed by atoms with Gasteiger partial charge in [0.25, 0.3) is 5.56 Å². The molecule has 1 aromatic heterocycles. The smallest absolute Gasteiger partial charge is 0.432 e. The van der Waals surface area contributed by atoms with Crippen molar-refractivity contribution in [1.82, 2.24) is 9.55 Å². The maximum atomic E-state index is 14.4. The lowest BCUT2D eigenvalue weighted by molar-refractivity contribution is -0.168. The van der Waals surface area contributed by atoms with Crippen molar-refractivity contribution in [3.05, 3.63) is 33.1 Å². The molecular formula is C21H30FN2O15P. The summed E-state index contributed by atoms with van der Waals surface area (Å²) in [5, 5.41) is 22.5. The fourth-order valence-electron chi connectivity index (χ4n) is 4.07. The zero-order chi connectivity index (χ0) is 30.1. The molecule has 1 saturated heterocycles. The number of hydrogen-bond donors (Lipinski definition) is 3. The number of carbonyl (C=O) groups excluding carboxylic acids is 2. The molecule has 2 fully saturated rings. The van der Waals surface area contributed by atoms with Crippen LogP contribution >= 0.6 is 7.82 Å². The second-order valence-corrected chi connectivity index (χ2v) is 11.1. The molecule has 1 aliphatic heterocycles. The van der Waals surface area contributed by atoms with Crippen molar-refractivity contribution >= 4 is 20.1 Å². The average molecular weight is 600 g/mol. The summed E-state index contributed by atoms with van der Waals surface area (Å²) in [6.07, 6.45) is -6.32. The Balaban J connectivity index is 1.81. The topological polar surface area (TPSA) is 220 Å². The molecule has 1 saturated carbocycles. The lowest BCUT2D eigenvalue weighted by atomic mass is 9.94. The van der Waals surface area contributed by atoms with Crippen LogP contribution in [0.3, 0.4) is 0 Å². The first kappa shape index (κ1) is 31.7. The maximum Gasteiger partial charge on any atom is 0.510 e. The predicted molar refractivity (Wildman–Crippen MR) is 126 cm³/mol. The van der Waals surface area contributed by atoms with E-state index in [9.17, 15) is 38.3 Å². The Labute approximate surface area is 225 Å². The van der Waals surface area contributed by atoms with E-state index in [1.165, 1.54) is 27.7 Å². The third kappa shape index (κ3) is 5.93. The molecule has 1 aliphatic carbocycles. The lowest BCUT2D eigenvalue weighted by Gasteiger charge is -2.33. The Bertz CT molecular complexity index is 1230. The zero-order valence-corrected chi connectivity index (χ0v) is 23.0. The number of aliphatic hydroxyl groups is 2. The van der Waals surface area contributed by atoms with Gasteiger partial charge < -0.3 is 33.9 Å². The molecular weight excluding hydrogens is 570 g/mol. The van der Waals surface area contributed by atoms with E-state index < -0.39 is 93.0 Å². The summed E-state index contributed by atoms with van der Waals surface area (Å²) >= 11 is 0. The van der Waals surface area contributed by atoms with Crippen LogP contribution in [0.5, 0.6) is 0 Å². The number of alkyl halides is 1.